The minimum absolute atomic E-state index is 0.0101. The van der Waals surface area contributed by atoms with Gasteiger partial charge in [-0.2, -0.15) is 0 Å². The highest BCUT2D eigenvalue weighted by molar-refractivity contribution is 5.85. The summed E-state index contributed by atoms with van der Waals surface area (Å²) in [5, 5.41) is 4.06. The lowest BCUT2D eigenvalue weighted by Crippen LogP contribution is -2.25. The third-order valence-corrected chi connectivity index (χ3v) is 3.45. The number of amides is 1. The van der Waals surface area contributed by atoms with E-state index in [1.54, 1.807) is 14.0 Å². The molecule has 2 N–H and O–H groups in total. The van der Waals surface area contributed by atoms with Crippen LogP contribution in [0.4, 0.5) is 0 Å². The Bertz CT molecular complexity index is 575. The van der Waals surface area contributed by atoms with Crippen LogP contribution < -0.4 is 10.1 Å². The Labute approximate surface area is 113 Å². The van der Waals surface area contributed by atoms with Crippen LogP contribution in [-0.4, -0.2) is 24.5 Å². The summed E-state index contributed by atoms with van der Waals surface area (Å²) in [6.45, 7) is 4.34. The smallest absolute Gasteiger partial charge is 0.216 e. The third-order valence-electron chi connectivity index (χ3n) is 3.45. The molecule has 4 heteroatoms. The Morgan fingerprint density at radius 3 is 2.89 bits per heavy atom. The minimum atomic E-state index is 0.0101. The Balaban J connectivity index is 2.33. The number of H-pyrrole nitrogens is 1. The van der Waals surface area contributed by atoms with Crippen molar-refractivity contribution in [1.29, 1.82) is 0 Å². The van der Waals surface area contributed by atoms with Gasteiger partial charge in [-0.05, 0) is 30.2 Å². The van der Waals surface area contributed by atoms with Gasteiger partial charge in [-0.3, -0.25) is 4.79 Å². The molecule has 1 aromatic carbocycles. The first-order valence-electron chi connectivity index (χ1n) is 6.55. The molecular formula is C15H20N2O2. The molecule has 0 spiro atoms. The second-order valence-corrected chi connectivity index (χ2v) is 4.70. The van der Waals surface area contributed by atoms with Crippen molar-refractivity contribution in [2.45, 2.75) is 26.2 Å². The van der Waals surface area contributed by atoms with Gasteiger partial charge in [0.15, 0.2) is 0 Å². The second-order valence-electron chi connectivity index (χ2n) is 4.70. The molecule has 2 rings (SSSR count). The zero-order valence-corrected chi connectivity index (χ0v) is 11.6. The van der Waals surface area contributed by atoms with E-state index in [-0.39, 0.29) is 5.91 Å². The Morgan fingerprint density at radius 1 is 1.47 bits per heavy atom. The number of aromatic nitrogens is 1. The molecule has 19 heavy (non-hydrogen) atoms. The summed E-state index contributed by atoms with van der Waals surface area (Å²) in [6.07, 6.45) is 3.00. The second kappa shape index (κ2) is 5.78. The van der Waals surface area contributed by atoms with Gasteiger partial charge in [-0.25, -0.2) is 0 Å². The van der Waals surface area contributed by atoms with Gasteiger partial charge in [0.05, 0.1) is 7.11 Å². The van der Waals surface area contributed by atoms with Gasteiger partial charge in [0.25, 0.3) is 0 Å². The van der Waals surface area contributed by atoms with E-state index in [1.807, 2.05) is 24.4 Å². The van der Waals surface area contributed by atoms with Crippen molar-refractivity contribution in [1.82, 2.24) is 10.3 Å². The van der Waals surface area contributed by atoms with Crippen LogP contribution in [0.3, 0.4) is 0 Å². The van der Waals surface area contributed by atoms with E-state index in [0.29, 0.717) is 12.5 Å². The predicted octanol–water partition coefficient (Wildman–Crippen LogP) is 2.81. The summed E-state index contributed by atoms with van der Waals surface area (Å²) in [6, 6.07) is 6.00. The zero-order chi connectivity index (χ0) is 13.8. The molecule has 0 fully saturated rings. The maximum absolute atomic E-state index is 11.1. The van der Waals surface area contributed by atoms with Crippen LogP contribution in [0.5, 0.6) is 5.75 Å². The molecule has 0 bridgehead atoms. The number of hydrogen-bond donors (Lipinski definition) is 2. The van der Waals surface area contributed by atoms with Crippen LogP contribution >= 0.6 is 0 Å². The summed E-state index contributed by atoms with van der Waals surface area (Å²) < 4.78 is 5.27. The van der Waals surface area contributed by atoms with Crippen molar-refractivity contribution in [3.05, 3.63) is 30.0 Å². The zero-order valence-electron chi connectivity index (χ0n) is 11.6. The number of benzene rings is 1. The van der Waals surface area contributed by atoms with Crippen LogP contribution in [0.25, 0.3) is 10.9 Å². The number of rotatable bonds is 5. The first kappa shape index (κ1) is 13.5. The topological polar surface area (TPSA) is 54.1 Å². The van der Waals surface area contributed by atoms with Gasteiger partial charge >= 0.3 is 0 Å². The first-order chi connectivity index (χ1) is 9.15. The van der Waals surface area contributed by atoms with Crippen LogP contribution in [0.1, 0.15) is 31.7 Å². The van der Waals surface area contributed by atoms with Crippen LogP contribution in [-0.2, 0) is 4.79 Å². The number of ether oxygens (including phenoxy) is 1. The molecule has 1 amide bonds. The Hall–Kier alpha value is -1.97. The van der Waals surface area contributed by atoms with Gasteiger partial charge in [0.1, 0.15) is 5.75 Å². The maximum atomic E-state index is 11.1. The summed E-state index contributed by atoms with van der Waals surface area (Å²) in [5.41, 5.74) is 2.32. The molecule has 1 unspecified atom stereocenters. The molecule has 0 aliphatic carbocycles. The molecule has 0 saturated carbocycles. The van der Waals surface area contributed by atoms with Crippen LogP contribution in [0.15, 0.2) is 24.4 Å². The summed E-state index contributed by atoms with van der Waals surface area (Å²) in [5.74, 6) is 1.17. The van der Waals surface area contributed by atoms with E-state index in [1.165, 1.54) is 5.56 Å². The summed E-state index contributed by atoms with van der Waals surface area (Å²) >= 11 is 0. The molecule has 0 aliphatic rings. The molecule has 1 aromatic heterocycles. The van der Waals surface area contributed by atoms with Gasteiger partial charge in [-0.1, -0.05) is 6.92 Å². The Kier molecular flexibility index (Phi) is 4.10. The van der Waals surface area contributed by atoms with Crippen LogP contribution in [0.2, 0.25) is 0 Å². The quantitative estimate of drug-likeness (QED) is 0.868. The van der Waals surface area contributed by atoms with Crippen molar-refractivity contribution in [2.75, 3.05) is 13.7 Å². The van der Waals surface area contributed by atoms with Crippen molar-refractivity contribution in [3.8, 4) is 5.75 Å². The normalized spacial score (nSPS) is 12.4. The van der Waals surface area contributed by atoms with Crippen molar-refractivity contribution in [2.24, 2.45) is 0 Å². The van der Waals surface area contributed by atoms with Gasteiger partial charge < -0.3 is 15.0 Å². The average Bonchev–Trinajstić information content (AvgIpc) is 2.82. The average molecular weight is 260 g/mol. The monoisotopic (exact) mass is 260 g/mol. The molecule has 102 valence electrons. The fourth-order valence-corrected chi connectivity index (χ4v) is 2.33. The third kappa shape index (κ3) is 2.89. The first-order valence-corrected chi connectivity index (χ1v) is 6.55. The molecule has 1 heterocycles. The van der Waals surface area contributed by atoms with Crippen LogP contribution in [0, 0.1) is 0 Å². The number of hydrogen-bond acceptors (Lipinski definition) is 2. The fraction of sp³-hybridized carbons (Fsp3) is 0.400. The molecule has 4 nitrogen and oxygen atoms in total. The van der Waals surface area contributed by atoms with Crippen molar-refractivity contribution < 1.29 is 9.53 Å². The molecule has 0 aliphatic heterocycles. The van der Waals surface area contributed by atoms with E-state index in [9.17, 15) is 4.79 Å². The van der Waals surface area contributed by atoms with Gasteiger partial charge in [0.2, 0.25) is 5.91 Å². The molecular weight excluding hydrogens is 240 g/mol. The Morgan fingerprint density at radius 2 is 2.26 bits per heavy atom. The maximum Gasteiger partial charge on any atom is 0.216 e. The fourth-order valence-electron chi connectivity index (χ4n) is 2.33. The standard InChI is InChI=1S/C15H20N2O2/c1-4-11(8-16-10(2)18)14-9-17-15-6-5-12(19-3)7-13(14)15/h5-7,9,11,17H,4,8H2,1-3H3,(H,16,18). The van der Waals surface area contributed by atoms with Gasteiger partial charge in [0, 0.05) is 36.5 Å². The highest BCUT2D eigenvalue weighted by atomic mass is 16.5. The summed E-state index contributed by atoms with van der Waals surface area (Å²) in [7, 11) is 1.67. The molecule has 2 aromatic rings. The number of carbonyl (C=O) groups is 1. The highest BCUT2D eigenvalue weighted by Crippen LogP contribution is 2.30. The van der Waals surface area contributed by atoms with E-state index in [2.05, 4.69) is 17.2 Å². The van der Waals surface area contributed by atoms with Gasteiger partial charge in [-0.15, -0.1) is 0 Å². The SMILES string of the molecule is CCC(CNC(C)=O)c1c[nH]c2ccc(OC)cc12. The van der Waals surface area contributed by atoms with Crippen molar-refractivity contribution in [3.63, 3.8) is 0 Å². The van der Waals surface area contributed by atoms with E-state index in [4.69, 9.17) is 4.74 Å². The number of aromatic amines is 1. The lowest BCUT2D eigenvalue weighted by Gasteiger charge is -2.14. The summed E-state index contributed by atoms with van der Waals surface area (Å²) in [4.78, 5) is 14.3. The lowest BCUT2D eigenvalue weighted by molar-refractivity contribution is -0.119. The van der Waals surface area contributed by atoms with E-state index >= 15 is 0 Å². The number of carbonyl (C=O) groups excluding carboxylic acids is 1. The highest BCUT2D eigenvalue weighted by Gasteiger charge is 2.15. The van der Waals surface area contributed by atoms with E-state index < -0.39 is 0 Å². The number of nitrogens with one attached hydrogen (secondary N) is 2. The predicted molar refractivity (Wildman–Crippen MR) is 76.6 cm³/mol. The molecule has 1 atom stereocenters. The van der Waals surface area contributed by atoms with E-state index in [0.717, 1.165) is 23.1 Å². The molecule has 0 radical (unpaired) electrons. The number of fused-ring (bicyclic) bond motifs is 1. The minimum Gasteiger partial charge on any atom is -0.497 e. The lowest BCUT2D eigenvalue weighted by atomic mass is 9.96. The van der Waals surface area contributed by atoms with Crippen molar-refractivity contribution >= 4 is 16.8 Å². The largest absolute Gasteiger partial charge is 0.497 e. The number of methoxy groups -OCH3 is 1. The molecule has 0 saturated heterocycles.